The molecule has 1 saturated heterocycles. The van der Waals surface area contributed by atoms with Crippen LogP contribution in [-0.4, -0.2) is 50.0 Å². The molecular weight excluding hydrogens is 410 g/mol. The summed E-state index contributed by atoms with van der Waals surface area (Å²) in [4.78, 5) is 2.36. The van der Waals surface area contributed by atoms with Crippen molar-refractivity contribution in [2.45, 2.75) is 11.5 Å². The molecule has 3 aromatic carbocycles. The molecule has 4 rings (SSSR count). The van der Waals surface area contributed by atoms with E-state index in [9.17, 15) is 5.11 Å². The Labute approximate surface area is 189 Å². The highest BCUT2D eigenvalue weighted by molar-refractivity contribution is 6.30. The van der Waals surface area contributed by atoms with Gasteiger partial charge in [-0.25, -0.2) is 0 Å². The quantitative estimate of drug-likeness (QED) is 0.581. The highest BCUT2D eigenvalue weighted by atomic mass is 35.5. The van der Waals surface area contributed by atoms with Gasteiger partial charge in [0.15, 0.2) is 0 Å². The van der Waals surface area contributed by atoms with Crippen molar-refractivity contribution < 1.29 is 14.6 Å². The van der Waals surface area contributed by atoms with Crippen molar-refractivity contribution in [3.05, 3.63) is 101 Å². The third-order valence-corrected chi connectivity index (χ3v) is 6.32. The number of benzene rings is 3. The fourth-order valence-electron chi connectivity index (χ4n) is 4.32. The van der Waals surface area contributed by atoms with Crippen LogP contribution in [-0.2, 0) is 10.3 Å². The molecule has 0 radical (unpaired) electrons. The third-order valence-electron chi connectivity index (χ3n) is 6.07. The van der Waals surface area contributed by atoms with Crippen molar-refractivity contribution >= 4 is 11.6 Å². The SMILES string of the molecule is COc1ccc([C@](O)(c2ccccc2)[C@@H](CN2CCOCC2)c2ccc(Cl)cc2)cc1. The second-order valence-corrected chi connectivity index (χ2v) is 8.31. The second kappa shape index (κ2) is 9.84. The minimum atomic E-state index is -1.24. The number of hydrogen-bond acceptors (Lipinski definition) is 4. The molecule has 2 atom stereocenters. The standard InChI is InChI=1S/C26H28ClNO3/c1-30-24-13-9-22(10-14-24)26(29,21-5-3-2-4-6-21)25(19-28-15-17-31-18-16-28)20-7-11-23(27)12-8-20/h2-14,25,29H,15-19H2,1H3/t25-,26+/m0/s1. The number of methoxy groups -OCH3 is 1. The second-order valence-electron chi connectivity index (χ2n) is 7.88. The predicted molar refractivity (Wildman–Crippen MR) is 124 cm³/mol. The van der Waals surface area contributed by atoms with Crippen LogP contribution in [0.4, 0.5) is 0 Å². The number of morpholine rings is 1. The monoisotopic (exact) mass is 437 g/mol. The molecule has 0 unspecified atom stereocenters. The summed E-state index contributed by atoms with van der Waals surface area (Å²) in [7, 11) is 1.65. The summed E-state index contributed by atoms with van der Waals surface area (Å²) in [6.07, 6.45) is 0. The van der Waals surface area contributed by atoms with Gasteiger partial charge in [0.1, 0.15) is 11.4 Å². The summed E-state index contributed by atoms with van der Waals surface area (Å²) in [5.74, 6) is 0.550. The molecule has 3 aromatic rings. The van der Waals surface area contributed by atoms with Gasteiger partial charge in [-0.1, -0.05) is 66.2 Å². The summed E-state index contributed by atoms with van der Waals surface area (Å²) in [6.45, 7) is 3.80. The Hall–Kier alpha value is -2.37. The molecule has 0 aliphatic carbocycles. The summed E-state index contributed by atoms with van der Waals surface area (Å²) in [5.41, 5.74) is 1.48. The maximum Gasteiger partial charge on any atom is 0.123 e. The first-order valence-electron chi connectivity index (χ1n) is 10.6. The van der Waals surface area contributed by atoms with Gasteiger partial charge in [-0.3, -0.25) is 4.90 Å². The zero-order chi connectivity index (χ0) is 21.7. The maximum absolute atomic E-state index is 12.5. The molecule has 0 amide bonds. The van der Waals surface area contributed by atoms with Gasteiger partial charge >= 0.3 is 0 Å². The molecule has 31 heavy (non-hydrogen) atoms. The number of nitrogens with zero attached hydrogens (tertiary/aromatic N) is 1. The average molecular weight is 438 g/mol. The summed E-state index contributed by atoms with van der Waals surface area (Å²) < 4.78 is 10.9. The van der Waals surface area contributed by atoms with E-state index >= 15 is 0 Å². The van der Waals surface area contributed by atoms with Gasteiger partial charge in [0.25, 0.3) is 0 Å². The normalized spacial score (nSPS) is 17.6. The number of aliphatic hydroxyl groups is 1. The Morgan fingerprint density at radius 3 is 2.16 bits per heavy atom. The lowest BCUT2D eigenvalue weighted by Crippen LogP contribution is -2.45. The summed E-state index contributed by atoms with van der Waals surface area (Å²) in [6, 6.07) is 25.4. The topological polar surface area (TPSA) is 41.9 Å². The minimum Gasteiger partial charge on any atom is -0.497 e. The van der Waals surface area contributed by atoms with Crippen LogP contribution >= 0.6 is 11.6 Å². The van der Waals surface area contributed by atoms with Crippen LogP contribution in [0.15, 0.2) is 78.9 Å². The van der Waals surface area contributed by atoms with Crippen molar-refractivity contribution in [2.75, 3.05) is 40.0 Å². The fourth-order valence-corrected chi connectivity index (χ4v) is 4.45. The summed E-state index contributed by atoms with van der Waals surface area (Å²) in [5, 5.41) is 13.2. The smallest absolute Gasteiger partial charge is 0.123 e. The lowest BCUT2D eigenvalue weighted by molar-refractivity contribution is 0.000753. The molecule has 1 aliphatic rings. The van der Waals surface area contributed by atoms with Crippen molar-refractivity contribution in [3.63, 3.8) is 0 Å². The Balaban J connectivity index is 1.84. The molecule has 162 valence electrons. The molecule has 0 spiro atoms. The van der Waals surface area contributed by atoms with Gasteiger partial charge in [-0.05, 0) is 41.0 Å². The van der Waals surface area contributed by atoms with Gasteiger partial charge < -0.3 is 14.6 Å². The van der Waals surface area contributed by atoms with Gasteiger partial charge in [-0.15, -0.1) is 0 Å². The fraction of sp³-hybridized carbons (Fsp3) is 0.308. The van der Waals surface area contributed by atoms with Gasteiger partial charge in [0.2, 0.25) is 0 Å². The third kappa shape index (κ3) is 4.78. The molecule has 4 nitrogen and oxygen atoms in total. The zero-order valence-electron chi connectivity index (χ0n) is 17.7. The van der Waals surface area contributed by atoms with Crippen molar-refractivity contribution in [1.82, 2.24) is 4.90 Å². The molecule has 1 fully saturated rings. The van der Waals surface area contributed by atoms with E-state index < -0.39 is 5.60 Å². The molecule has 5 heteroatoms. The predicted octanol–water partition coefficient (Wildman–Crippen LogP) is 4.70. The highest BCUT2D eigenvalue weighted by Gasteiger charge is 2.42. The van der Waals surface area contributed by atoms with E-state index in [1.165, 1.54) is 0 Å². The highest BCUT2D eigenvalue weighted by Crippen LogP contribution is 2.43. The molecule has 0 saturated carbocycles. The minimum absolute atomic E-state index is 0.210. The Morgan fingerprint density at radius 1 is 0.935 bits per heavy atom. The lowest BCUT2D eigenvalue weighted by atomic mass is 9.72. The Kier molecular flexibility index (Phi) is 6.93. The number of ether oxygens (including phenoxy) is 2. The van der Waals surface area contributed by atoms with Crippen LogP contribution in [0.25, 0.3) is 0 Å². The maximum atomic E-state index is 12.5. The molecule has 1 aliphatic heterocycles. The van der Waals surface area contributed by atoms with E-state index in [0.29, 0.717) is 24.8 Å². The van der Waals surface area contributed by atoms with E-state index in [0.717, 1.165) is 35.5 Å². The van der Waals surface area contributed by atoms with Gasteiger partial charge in [-0.2, -0.15) is 0 Å². The number of rotatable bonds is 7. The van der Waals surface area contributed by atoms with Crippen molar-refractivity contribution in [3.8, 4) is 5.75 Å². The van der Waals surface area contributed by atoms with Crippen LogP contribution < -0.4 is 4.74 Å². The van der Waals surface area contributed by atoms with Crippen LogP contribution in [0.2, 0.25) is 5.02 Å². The zero-order valence-corrected chi connectivity index (χ0v) is 18.5. The average Bonchev–Trinajstić information content (AvgIpc) is 2.84. The largest absolute Gasteiger partial charge is 0.497 e. The molecular formula is C26H28ClNO3. The Morgan fingerprint density at radius 2 is 1.55 bits per heavy atom. The van der Waals surface area contributed by atoms with Crippen molar-refractivity contribution in [2.24, 2.45) is 0 Å². The molecule has 0 aromatic heterocycles. The van der Waals surface area contributed by atoms with Crippen LogP contribution in [0.3, 0.4) is 0 Å². The first-order chi connectivity index (χ1) is 15.1. The molecule has 0 bridgehead atoms. The van der Waals surface area contributed by atoms with Crippen LogP contribution in [0.1, 0.15) is 22.6 Å². The van der Waals surface area contributed by atoms with E-state index in [1.54, 1.807) is 7.11 Å². The molecule has 1 N–H and O–H groups in total. The van der Waals surface area contributed by atoms with Gasteiger partial charge in [0, 0.05) is 30.6 Å². The van der Waals surface area contributed by atoms with E-state index in [2.05, 4.69) is 4.90 Å². The summed E-state index contributed by atoms with van der Waals surface area (Å²) >= 11 is 6.19. The van der Waals surface area contributed by atoms with E-state index in [4.69, 9.17) is 21.1 Å². The van der Waals surface area contributed by atoms with Crippen molar-refractivity contribution in [1.29, 1.82) is 0 Å². The van der Waals surface area contributed by atoms with E-state index in [-0.39, 0.29) is 5.92 Å². The van der Waals surface area contributed by atoms with Gasteiger partial charge in [0.05, 0.1) is 20.3 Å². The Bertz CT molecular complexity index is 956. The van der Waals surface area contributed by atoms with Crippen LogP contribution in [0.5, 0.6) is 5.75 Å². The number of hydrogen-bond donors (Lipinski definition) is 1. The molecule has 1 heterocycles. The van der Waals surface area contributed by atoms with Crippen LogP contribution in [0, 0.1) is 0 Å². The van der Waals surface area contributed by atoms with E-state index in [1.807, 2.05) is 78.9 Å². The first-order valence-corrected chi connectivity index (χ1v) is 11.0. The number of halogens is 1. The lowest BCUT2D eigenvalue weighted by Gasteiger charge is -2.41. The first kappa shape index (κ1) is 21.8.